The maximum absolute atomic E-state index is 10.7. The van der Waals surface area contributed by atoms with Crippen LogP contribution in [0.4, 0.5) is 5.69 Å². The van der Waals surface area contributed by atoms with Crippen molar-refractivity contribution in [3.8, 4) is 5.75 Å². The minimum absolute atomic E-state index is 0.137. The van der Waals surface area contributed by atoms with Crippen molar-refractivity contribution >= 4 is 16.5 Å². The molecule has 152 valence electrons. The lowest BCUT2D eigenvalue weighted by Crippen LogP contribution is -2.16. The second kappa shape index (κ2) is 6.94. The summed E-state index contributed by atoms with van der Waals surface area (Å²) in [6.07, 6.45) is 6.59. The van der Waals surface area contributed by atoms with E-state index in [4.69, 9.17) is 0 Å². The Balaban J connectivity index is 1.64. The molecule has 1 saturated heterocycles. The normalized spacial score (nSPS) is 17.7. The van der Waals surface area contributed by atoms with Crippen LogP contribution in [-0.4, -0.2) is 10.1 Å². The van der Waals surface area contributed by atoms with Crippen LogP contribution in [0.5, 0.6) is 5.75 Å². The molecule has 0 aromatic heterocycles. The third kappa shape index (κ3) is 2.80. The summed E-state index contributed by atoms with van der Waals surface area (Å²) in [5.41, 5.74) is 4.73. The topological polar surface area (TPSA) is 26.2 Å². The highest BCUT2D eigenvalue weighted by atomic mass is 16.3. The van der Waals surface area contributed by atoms with Crippen molar-refractivity contribution < 1.29 is 5.11 Å². The number of nitrogens with zero attached hydrogens (tertiary/aromatic N) is 2. The Labute approximate surface area is 178 Å². The SMILES string of the molecule is CC(C)c1ccc(O)c(C(C)C)c1N1C2=CC=CC(c3cccc4ccccc34)N21. The molecule has 5 rings (SSSR count). The van der Waals surface area contributed by atoms with Gasteiger partial charge in [0, 0.05) is 5.56 Å². The van der Waals surface area contributed by atoms with Gasteiger partial charge in [-0.05, 0) is 45.9 Å². The first-order valence-electron chi connectivity index (χ1n) is 10.8. The van der Waals surface area contributed by atoms with Crippen molar-refractivity contribution in [1.29, 1.82) is 0 Å². The Morgan fingerprint density at radius 1 is 0.867 bits per heavy atom. The van der Waals surface area contributed by atoms with Gasteiger partial charge in [-0.15, -0.1) is 0 Å². The van der Waals surface area contributed by atoms with E-state index in [-0.39, 0.29) is 12.0 Å². The zero-order valence-electron chi connectivity index (χ0n) is 18.0. The molecule has 0 radical (unpaired) electrons. The maximum Gasteiger partial charge on any atom is 0.148 e. The van der Waals surface area contributed by atoms with Gasteiger partial charge in [-0.1, -0.05) is 88.4 Å². The second-order valence-corrected chi connectivity index (χ2v) is 8.82. The van der Waals surface area contributed by atoms with E-state index in [0.717, 1.165) is 11.3 Å². The minimum atomic E-state index is 0.137. The lowest BCUT2D eigenvalue weighted by atomic mass is 9.92. The number of allylic oxidation sites excluding steroid dienone is 2. The van der Waals surface area contributed by atoms with E-state index in [1.807, 2.05) is 6.07 Å². The molecule has 3 aromatic carbocycles. The molecule has 3 aromatic rings. The number of fused-ring (bicyclic) bond motifs is 2. The third-order valence-corrected chi connectivity index (χ3v) is 6.21. The first-order valence-corrected chi connectivity index (χ1v) is 10.8. The minimum Gasteiger partial charge on any atom is -0.508 e. The Morgan fingerprint density at radius 2 is 1.63 bits per heavy atom. The van der Waals surface area contributed by atoms with Crippen LogP contribution in [-0.2, 0) is 0 Å². The van der Waals surface area contributed by atoms with Gasteiger partial charge in [0.25, 0.3) is 0 Å². The van der Waals surface area contributed by atoms with Gasteiger partial charge < -0.3 is 5.11 Å². The van der Waals surface area contributed by atoms with E-state index < -0.39 is 0 Å². The molecule has 0 spiro atoms. The summed E-state index contributed by atoms with van der Waals surface area (Å²) in [6.45, 7) is 8.74. The van der Waals surface area contributed by atoms with Crippen LogP contribution in [0.2, 0.25) is 0 Å². The lowest BCUT2D eigenvalue weighted by molar-refractivity contribution is 0.460. The lowest BCUT2D eigenvalue weighted by Gasteiger charge is -2.24. The zero-order valence-corrected chi connectivity index (χ0v) is 18.0. The Hall–Kier alpha value is -3.20. The van der Waals surface area contributed by atoms with Gasteiger partial charge in [-0.2, -0.15) is 0 Å². The van der Waals surface area contributed by atoms with Crippen LogP contribution >= 0.6 is 0 Å². The molecule has 3 nitrogen and oxygen atoms in total. The van der Waals surface area contributed by atoms with E-state index in [9.17, 15) is 5.11 Å². The Kier molecular flexibility index (Phi) is 4.35. The molecule has 3 heteroatoms. The van der Waals surface area contributed by atoms with E-state index in [2.05, 4.69) is 104 Å². The Morgan fingerprint density at radius 3 is 2.40 bits per heavy atom. The van der Waals surface area contributed by atoms with Gasteiger partial charge in [0.1, 0.15) is 11.6 Å². The molecule has 0 aliphatic carbocycles. The van der Waals surface area contributed by atoms with Gasteiger partial charge in [-0.3, -0.25) is 5.01 Å². The van der Waals surface area contributed by atoms with Crippen LogP contribution in [0, 0.1) is 0 Å². The molecule has 1 unspecified atom stereocenters. The number of aromatic hydroxyl groups is 1. The number of hydrogen-bond donors (Lipinski definition) is 1. The summed E-state index contributed by atoms with van der Waals surface area (Å²) in [4.78, 5) is 0. The summed E-state index contributed by atoms with van der Waals surface area (Å²) >= 11 is 0. The molecule has 30 heavy (non-hydrogen) atoms. The summed E-state index contributed by atoms with van der Waals surface area (Å²) in [5.74, 6) is 2.16. The number of hydrogen-bond acceptors (Lipinski definition) is 3. The van der Waals surface area contributed by atoms with Crippen molar-refractivity contribution in [2.24, 2.45) is 0 Å². The molecular weight excluding hydrogens is 368 g/mol. The first kappa shape index (κ1) is 18.8. The van der Waals surface area contributed by atoms with Crippen molar-refractivity contribution in [3.63, 3.8) is 0 Å². The van der Waals surface area contributed by atoms with E-state index >= 15 is 0 Å². The number of hydrazine groups is 1. The van der Waals surface area contributed by atoms with Crippen LogP contribution in [0.25, 0.3) is 10.8 Å². The summed E-state index contributed by atoms with van der Waals surface area (Å²) in [7, 11) is 0. The summed E-state index contributed by atoms with van der Waals surface area (Å²) in [6, 6.07) is 19.2. The molecule has 2 aliphatic rings. The summed E-state index contributed by atoms with van der Waals surface area (Å²) in [5, 5.41) is 17.9. The molecule has 1 fully saturated rings. The standard InChI is InChI=1S/C27H28N2O/c1-17(2)20-15-16-24(30)26(18(3)4)27(20)29-25-14-8-13-23(28(25)29)22-12-7-10-19-9-5-6-11-21(19)22/h5-18,23,30H,1-4H3. The van der Waals surface area contributed by atoms with Crippen LogP contribution < -0.4 is 5.01 Å². The second-order valence-electron chi connectivity index (χ2n) is 8.82. The van der Waals surface area contributed by atoms with Gasteiger partial charge in [0.2, 0.25) is 0 Å². The van der Waals surface area contributed by atoms with Crippen molar-refractivity contribution in [3.05, 3.63) is 95.3 Å². The summed E-state index contributed by atoms with van der Waals surface area (Å²) < 4.78 is 0. The number of rotatable bonds is 4. The Bertz CT molecular complexity index is 1180. The molecule has 1 atom stereocenters. The molecule has 1 N–H and O–H groups in total. The largest absolute Gasteiger partial charge is 0.508 e. The average molecular weight is 397 g/mol. The number of anilines is 1. The fourth-order valence-electron chi connectivity index (χ4n) is 4.76. The number of phenols is 1. The predicted molar refractivity (Wildman–Crippen MR) is 125 cm³/mol. The highest BCUT2D eigenvalue weighted by Gasteiger charge is 2.47. The van der Waals surface area contributed by atoms with Gasteiger partial charge >= 0.3 is 0 Å². The molecular formula is C27H28N2O. The van der Waals surface area contributed by atoms with E-state index in [1.54, 1.807) is 0 Å². The van der Waals surface area contributed by atoms with Crippen LogP contribution in [0.15, 0.2) is 78.6 Å². The van der Waals surface area contributed by atoms with Gasteiger partial charge in [0.15, 0.2) is 0 Å². The highest BCUT2D eigenvalue weighted by molar-refractivity contribution is 5.87. The zero-order chi connectivity index (χ0) is 21.0. The smallest absolute Gasteiger partial charge is 0.148 e. The van der Waals surface area contributed by atoms with Crippen LogP contribution in [0.3, 0.4) is 0 Å². The van der Waals surface area contributed by atoms with Gasteiger partial charge in [0.05, 0.1) is 11.7 Å². The predicted octanol–water partition coefficient (Wildman–Crippen LogP) is 6.98. The van der Waals surface area contributed by atoms with Crippen LogP contribution in [0.1, 0.15) is 62.3 Å². The van der Waals surface area contributed by atoms with Crippen molar-refractivity contribution in [2.75, 3.05) is 5.01 Å². The molecule has 0 amide bonds. The number of benzene rings is 3. The van der Waals surface area contributed by atoms with E-state index in [0.29, 0.717) is 11.7 Å². The van der Waals surface area contributed by atoms with Gasteiger partial charge in [-0.25, -0.2) is 5.01 Å². The fraction of sp³-hybridized carbons (Fsp3) is 0.259. The highest BCUT2D eigenvalue weighted by Crippen LogP contribution is 2.53. The average Bonchev–Trinajstić information content (AvgIpc) is 3.47. The third-order valence-electron chi connectivity index (χ3n) is 6.21. The molecule has 2 heterocycles. The number of phenolic OH excluding ortho intramolecular Hbond substituents is 1. The monoisotopic (exact) mass is 396 g/mol. The first-order chi connectivity index (χ1) is 14.5. The quantitative estimate of drug-likeness (QED) is 0.482. The molecule has 2 aliphatic heterocycles. The van der Waals surface area contributed by atoms with Crippen molar-refractivity contribution in [2.45, 2.75) is 45.6 Å². The van der Waals surface area contributed by atoms with E-state index in [1.165, 1.54) is 27.7 Å². The maximum atomic E-state index is 10.7. The molecule has 0 bridgehead atoms. The fourth-order valence-corrected chi connectivity index (χ4v) is 4.76. The molecule has 0 saturated carbocycles. The van der Waals surface area contributed by atoms with Crippen molar-refractivity contribution in [1.82, 2.24) is 5.01 Å².